The molecule has 0 spiro atoms. The second-order valence-electron chi connectivity index (χ2n) is 4.42. The van der Waals surface area contributed by atoms with E-state index in [-0.39, 0.29) is 0 Å². The van der Waals surface area contributed by atoms with Crippen LogP contribution >= 0.6 is 0 Å². The number of anilines is 3. The molecule has 2 aliphatic rings. The molecule has 0 amide bonds. The van der Waals surface area contributed by atoms with Crippen LogP contribution in [0.25, 0.3) is 0 Å². The molecule has 18 heavy (non-hydrogen) atoms. The van der Waals surface area contributed by atoms with Crippen LogP contribution in [0.1, 0.15) is 5.56 Å². The van der Waals surface area contributed by atoms with Gasteiger partial charge in [0.2, 0.25) is 5.95 Å². The maximum atomic E-state index is 5.39. The van der Waals surface area contributed by atoms with Crippen molar-refractivity contribution < 1.29 is 4.74 Å². The highest BCUT2D eigenvalue weighted by atomic mass is 16.5. The predicted molar refractivity (Wildman–Crippen MR) is 69.9 cm³/mol. The third kappa shape index (κ3) is 1.85. The van der Waals surface area contributed by atoms with E-state index in [9.17, 15) is 0 Å². The number of nitrogens with one attached hydrogen (secondary N) is 2. The topological polar surface area (TPSA) is 65.5 Å². The molecule has 1 saturated heterocycles. The van der Waals surface area contributed by atoms with E-state index in [0.29, 0.717) is 5.95 Å². The summed E-state index contributed by atoms with van der Waals surface area (Å²) < 4.78 is 5.39. The summed E-state index contributed by atoms with van der Waals surface area (Å²) in [4.78, 5) is 11.4. The van der Waals surface area contributed by atoms with Crippen LogP contribution < -0.4 is 20.7 Å². The van der Waals surface area contributed by atoms with Crippen LogP contribution in [0.2, 0.25) is 0 Å². The highest BCUT2D eigenvalue weighted by Crippen LogP contribution is 2.31. The summed E-state index contributed by atoms with van der Waals surface area (Å²) in [5.74, 6) is 2.63. The van der Waals surface area contributed by atoms with Crippen molar-refractivity contribution in [2.45, 2.75) is 6.54 Å². The van der Waals surface area contributed by atoms with Crippen molar-refractivity contribution >= 4 is 17.6 Å². The quantitative estimate of drug-likeness (QED) is 0.754. The Balaban J connectivity index is 2.01. The summed E-state index contributed by atoms with van der Waals surface area (Å²) in [6.45, 7) is 4.07. The zero-order chi connectivity index (χ0) is 12.5. The molecule has 2 aliphatic heterocycles. The standard InChI is InChI=1S/C11H18N6O/c1-12-11-14-9-8(7-13-16(9)2)10(15-11)17-3-5-18-6-4-17/h13H,3-7H2,1-2H3,(H,12,14,15). The summed E-state index contributed by atoms with van der Waals surface area (Å²) in [7, 11) is 3.81. The highest BCUT2D eigenvalue weighted by molar-refractivity contribution is 5.65. The van der Waals surface area contributed by atoms with Gasteiger partial charge in [-0.05, 0) is 0 Å². The van der Waals surface area contributed by atoms with E-state index in [4.69, 9.17) is 4.74 Å². The smallest absolute Gasteiger partial charge is 0.226 e. The van der Waals surface area contributed by atoms with Crippen molar-refractivity contribution in [3.63, 3.8) is 0 Å². The minimum absolute atomic E-state index is 0.658. The van der Waals surface area contributed by atoms with Crippen molar-refractivity contribution in [3.8, 4) is 0 Å². The fraction of sp³-hybridized carbons (Fsp3) is 0.636. The molecule has 0 unspecified atom stereocenters. The van der Waals surface area contributed by atoms with Crippen molar-refractivity contribution in [2.75, 3.05) is 55.6 Å². The Hall–Kier alpha value is -1.60. The molecule has 0 aliphatic carbocycles. The first-order valence-electron chi connectivity index (χ1n) is 6.18. The molecule has 0 saturated carbocycles. The molecule has 2 N–H and O–H groups in total. The number of hydrogen-bond donors (Lipinski definition) is 2. The van der Waals surface area contributed by atoms with Crippen LogP contribution in [-0.4, -0.2) is 50.4 Å². The molecule has 7 nitrogen and oxygen atoms in total. The molecule has 0 bridgehead atoms. The van der Waals surface area contributed by atoms with Gasteiger partial charge in [0.25, 0.3) is 0 Å². The van der Waals surface area contributed by atoms with Crippen molar-refractivity contribution in [1.29, 1.82) is 0 Å². The number of rotatable bonds is 2. The molecule has 1 aromatic rings. The molecule has 0 aromatic carbocycles. The van der Waals surface area contributed by atoms with Crippen molar-refractivity contribution in [2.24, 2.45) is 0 Å². The van der Waals surface area contributed by atoms with Gasteiger partial charge in [-0.25, -0.2) is 5.43 Å². The van der Waals surface area contributed by atoms with Gasteiger partial charge >= 0.3 is 0 Å². The Morgan fingerprint density at radius 3 is 2.67 bits per heavy atom. The predicted octanol–water partition coefficient (Wildman–Crippen LogP) is -0.191. The minimum atomic E-state index is 0.658. The van der Waals surface area contributed by atoms with Crippen molar-refractivity contribution in [3.05, 3.63) is 5.56 Å². The van der Waals surface area contributed by atoms with E-state index in [1.54, 1.807) is 0 Å². The van der Waals surface area contributed by atoms with Crippen LogP contribution in [0.4, 0.5) is 17.6 Å². The first-order valence-corrected chi connectivity index (χ1v) is 6.18. The van der Waals surface area contributed by atoms with Gasteiger partial charge in [-0.15, -0.1) is 0 Å². The SMILES string of the molecule is CNc1nc(N2CCOCC2)c2c(n1)N(C)NC2. The van der Waals surface area contributed by atoms with E-state index in [1.165, 1.54) is 5.56 Å². The summed E-state index contributed by atoms with van der Waals surface area (Å²) >= 11 is 0. The largest absolute Gasteiger partial charge is 0.378 e. The normalized spacial score (nSPS) is 19.0. The molecule has 1 aromatic heterocycles. The van der Waals surface area contributed by atoms with Crippen LogP contribution in [-0.2, 0) is 11.3 Å². The molecule has 0 atom stereocenters. The Kier molecular flexibility index (Phi) is 2.92. The van der Waals surface area contributed by atoms with E-state index >= 15 is 0 Å². The number of fused-ring (bicyclic) bond motifs is 1. The fourth-order valence-corrected chi connectivity index (χ4v) is 2.32. The fourth-order valence-electron chi connectivity index (χ4n) is 2.32. The van der Waals surface area contributed by atoms with E-state index in [2.05, 4.69) is 25.6 Å². The number of morpholine rings is 1. The van der Waals surface area contributed by atoms with Gasteiger partial charge in [0.1, 0.15) is 5.82 Å². The van der Waals surface area contributed by atoms with Crippen LogP contribution in [0.3, 0.4) is 0 Å². The lowest BCUT2D eigenvalue weighted by Gasteiger charge is -2.29. The number of hydrazine groups is 1. The van der Waals surface area contributed by atoms with E-state index in [1.807, 2.05) is 19.1 Å². The Bertz CT molecular complexity index is 445. The first kappa shape index (κ1) is 11.5. The van der Waals surface area contributed by atoms with Gasteiger partial charge in [0.15, 0.2) is 5.82 Å². The average Bonchev–Trinajstić information content (AvgIpc) is 2.80. The molecule has 0 radical (unpaired) electrons. The van der Waals surface area contributed by atoms with E-state index in [0.717, 1.165) is 44.5 Å². The molecular formula is C11H18N6O. The van der Waals surface area contributed by atoms with Crippen LogP contribution in [0.15, 0.2) is 0 Å². The summed E-state index contributed by atoms with van der Waals surface area (Å²) in [6, 6.07) is 0. The number of aromatic nitrogens is 2. The zero-order valence-corrected chi connectivity index (χ0v) is 10.7. The second kappa shape index (κ2) is 4.58. The number of nitrogens with zero attached hydrogens (tertiary/aromatic N) is 4. The monoisotopic (exact) mass is 250 g/mol. The Labute approximate surface area is 106 Å². The van der Waals surface area contributed by atoms with E-state index < -0.39 is 0 Å². The first-order chi connectivity index (χ1) is 8.79. The molecule has 3 heterocycles. The highest BCUT2D eigenvalue weighted by Gasteiger charge is 2.26. The molecule has 98 valence electrons. The summed E-state index contributed by atoms with van der Waals surface area (Å²) in [5.41, 5.74) is 4.43. The van der Waals surface area contributed by atoms with Gasteiger partial charge in [-0.2, -0.15) is 9.97 Å². The Morgan fingerprint density at radius 1 is 1.22 bits per heavy atom. The lowest BCUT2D eigenvalue weighted by molar-refractivity contribution is 0.122. The minimum Gasteiger partial charge on any atom is -0.378 e. The lowest BCUT2D eigenvalue weighted by atomic mass is 10.2. The average molecular weight is 250 g/mol. The molecule has 7 heteroatoms. The lowest BCUT2D eigenvalue weighted by Crippen LogP contribution is -2.37. The summed E-state index contributed by atoms with van der Waals surface area (Å²) in [5, 5.41) is 4.97. The van der Waals surface area contributed by atoms with Gasteiger partial charge in [-0.1, -0.05) is 0 Å². The van der Waals surface area contributed by atoms with Gasteiger partial charge in [0.05, 0.1) is 18.8 Å². The maximum Gasteiger partial charge on any atom is 0.226 e. The number of hydrogen-bond acceptors (Lipinski definition) is 7. The number of ether oxygens (including phenoxy) is 1. The third-order valence-electron chi connectivity index (χ3n) is 3.31. The van der Waals surface area contributed by atoms with Crippen LogP contribution in [0.5, 0.6) is 0 Å². The third-order valence-corrected chi connectivity index (χ3v) is 3.31. The zero-order valence-electron chi connectivity index (χ0n) is 10.7. The van der Waals surface area contributed by atoms with Gasteiger partial charge in [-0.3, -0.25) is 5.01 Å². The molecule has 3 rings (SSSR count). The van der Waals surface area contributed by atoms with Crippen LogP contribution in [0, 0.1) is 0 Å². The van der Waals surface area contributed by atoms with Gasteiger partial charge < -0.3 is 15.0 Å². The second-order valence-corrected chi connectivity index (χ2v) is 4.42. The Morgan fingerprint density at radius 2 is 1.94 bits per heavy atom. The summed E-state index contributed by atoms with van der Waals surface area (Å²) in [6.07, 6.45) is 0. The van der Waals surface area contributed by atoms with Crippen molar-refractivity contribution in [1.82, 2.24) is 15.4 Å². The molecular weight excluding hydrogens is 232 g/mol. The van der Waals surface area contributed by atoms with Gasteiger partial charge in [0, 0.05) is 33.7 Å². The maximum absolute atomic E-state index is 5.39. The molecule has 1 fully saturated rings.